The molecule has 3 aromatic rings. The van der Waals surface area contributed by atoms with Crippen LogP contribution in [0.4, 0.5) is 9.59 Å². The maximum Gasteiger partial charge on any atom is 0.406 e. The molecule has 4 rings (SSSR count). The van der Waals surface area contributed by atoms with E-state index in [0.29, 0.717) is 31.7 Å². The highest BCUT2D eigenvalue weighted by Crippen LogP contribution is 2.34. The molecule has 0 aliphatic carbocycles. The predicted molar refractivity (Wildman–Crippen MR) is 218 cm³/mol. The number of hydrogen-bond acceptors (Lipinski definition) is 9. The molecule has 5 amide bonds. The zero-order chi connectivity index (χ0) is 41.8. The number of amides is 5. The first-order valence-corrected chi connectivity index (χ1v) is 19.5. The van der Waals surface area contributed by atoms with Crippen LogP contribution in [-0.2, 0) is 33.7 Å². The highest BCUT2D eigenvalue weighted by atomic mass is 16.5. The molecule has 4 atom stereocenters. The first kappa shape index (κ1) is 44.5. The summed E-state index contributed by atoms with van der Waals surface area (Å²) < 4.78 is 10.0. The maximum absolute atomic E-state index is 14.6. The Kier molecular flexibility index (Phi) is 15.8. The van der Waals surface area contributed by atoms with E-state index in [2.05, 4.69) is 31.1 Å². The van der Waals surface area contributed by atoms with Crippen LogP contribution >= 0.6 is 0 Å². The third-order valence-electron chi connectivity index (χ3n) is 10.1. The van der Waals surface area contributed by atoms with Crippen LogP contribution in [0.15, 0.2) is 72.8 Å². The number of hydrogen-bond donors (Lipinski definition) is 5. The van der Waals surface area contributed by atoms with Crippen molar-refractivity contribution in [2.24, 2.45) is 16.7 Å². The van der Waals surface area contributed by atoms with E-state index in [1.807, 2.05) is 114 Å². The van der Waals surface area contributed by atoms with Gasteiger partial charge in [0.1, 0.15) is 5.75 Å². The summed E-state index contributed by atoms with van der Waals surface area (Å²) in [5, 5.41) is 22.5. The minimum atomic E-state index is -1.14. The fourth-order valence-corrected chi connectivity index (χ4v) is 7.21. The van der Waals surface area contributed by atoms with Crippen molar-refractivity contribution in [1.82, 2.24) is 36.3 Å². The molecule has 0 saturated carbocycles. The van der Waals surface area contributed by atoms with Crippen LogP contribution in [0.25, 0.3) is 0 Å². The molecule has 0 bridgehead atoms. The quantitative estimate of drug-likeness (QED) is 0.111. The number of pyridine rings is 1. The molecule has 0 radical (unpaired) electrons. The van der Waals surface area contributed by atoms with Gasteiger partial charge in [0.05, 0.1) is 38.3 Å². The van der Waals surface area contributed by atoms with Crippen molar-refractivity contribution < 1.29 is 33.8 Å². The standard InChI is InChI=1S/C43H61N7O7/c1-29-13-12-16-32(46-29)21-22-50-35(25-44-40(50)54)38(42(2,3)4)39(53)47-34(23-30-14-10-9-11-15-30)36(51)27-49(26-31-17-19-33(56-7)20-18-31)48-37(52)24-43(5,6)28-45-41(55)57-8/h9-20,34-36,38,51H,21-28H2,1-8H3,(H,44,54)(H,45,55)(H,47,53)(H,48,52). The van der Waals surface area contributed by atoms with Gasteiger partial charge in [-0.25, -0.2) is 14.6 Å². The Labute approximate surface area is 337 Å². The molecule has 310 valence electrons. The summed E-state index contributed by atoms with van der Waals surface area (Å²) in [6.45, 7) is 12.7. The van der Waals surface area contributed by atoms with E-state index >= 15 is 0 Å². The van der Waals surface area contributed by atoms with E-state index in [9.17, 15) is 24.3 Å². The fraction of sp³-hybridized carbons (Fsp3) is 0.512. The number of carbonyl (C=O) groups is 4. The molecule has 57 heavy (non-hydrogen) atoms. The van der Waals surface area contributed by atoms with E-state index in [0.717, 1.165) is 22.5 Å². The van der Waals surface area contributed by atoms with Crippen molar-refractivity contribution in [2.45, 2.75) is 85.5 Å². The SMILES string of the molecule is COC(=O)NCC(C)(C)CC(=O)NN(Cc1ccc(OC)cc1)CC(O)C(Cc1ccccc1)NC(=O)C(C1CNC(=O)N1CCc1cccc(C)n1)C(C)(C)C. The number of aliphatic hydroxyl groups is 1. The molecule has 0 spiro atoms. The van der Waals surface area contributed by atoms with Crippen molar-refractivity contribution in [3.05, 3.63) is 95.3 Å². The molecule has 14 nitrogen and oxygen atoms in total. The van der Waals surface area contributed by atoms with E-state index < -0.39 is 41.0 Å². The van der Waals surface area contributed by atoms with Crippen LogP contribution in [0.3, 0.4) is 0 Å². The Morgan fingerprint density at radius 1 is 0.982 bits per heavy atom. The molecule has 4 unspecified atom stereocenters. The van der Waals surface area contributed by atoms with E-state index in [4.69, 9.17) is 4.74 Å². The highest BCUT2D eigenvalue weighted by Gasteiger charge is 2.46. The van der Waals surface area contributed by atoms with E-state index in [1.165, 1.54) is 7.11 Å². The molecule has 1 saturated heterocycles. The lowest BCUT2D eigenvalue weighted by molar-refractivity contribution is -0.133. The number of rotatable bonds is 19. The van der Waals surface area contributed by atoms with Gasteiger partial charge in [0, 0.05) is 57.0 Å². The number of nitrogens with one attached hydrogen (secondary N) is 4. The Morgan fingerprint density at radius 3 is 2.32 bits per heavy atom. The number of nitrogens with zero attached hydrogens (tertiary/aromatic N) is 3. The van der Waals surface area contributed by atoms with Gasteiger partial charge in [-0.2, -0.15) is 0 Å². The smallest absolute Gasteiger partial charge is 0.406 e. The summed E-state index contributed by atoms with van der Waals surface area (Å²) >= 11 is 0. The summed E-state index contributed by atoms with van der Waals surface area (Å²) in [4.78, 5) is 59.4. The molecular formula is C43H61N7O7. The van der Waals surface area contributed by atoms with Crippen molar-refractivity contribution in [3.63, 3.8) is 0 Å². The van der Waals surface area contributed by atoms with Crippen LogP contribution in [0.1, 0.15) is 63.6 Å². The van der Waals surface area contributed by atoms with Gasteiger partial charge in [-0.05, 0) is 59.6 Å². The minimum absolute atomic E-state index is 0.0321. The second kappa shape index (κ2) is 20.3. The van der Waals surface area contributed by atoms with Gasteiger partial charge in [0.15, 0.2) is 0 Å². The van der Waals surface area contributed by atoms with E-state index in [1.54, 1.807) is 17.0 Å². The van der Waals surface area contributed by atoms with Crippen LogP contribution < -0.4 is 26.1 Å². The number of benzene rings is 2. The normalized spacial score (nSPS) is 16.0. The van der Waals surface area contributed by atoms with Crippen LogP contribution in [0.5, 0.6) is 5.75 Å². The average molecular weight is 788 g/mol. The summed E-state index contributed by atoms with van der Waals surface area (Å²) in [5.41, 5.74) is 5.32. The molecule has 2 heterocycles. The van der Waals surface area contributed by atoms with Gasteiger partial charge in [-0.15, -0.1) is 0 Å². The average Bonchev–Trinajstić information content (AvgIpc) is 3.51. The molecule has 14 heteroatoms. The number of aryl methyl sites for hydroxylation is 1. The van der Waals surface area contributed by atoms with Gasteiger partial charge in [0.2, 0.25) is 11.8 Å². The molecule has 1 fully saturated rings. The number of carbonyl (C=O) groups excluding carboxylic acids is 4. The second-order valence-electron chi connectivity index (χ2n) is 16.6. The molecule has 5 N–H and O–H groups in total. The zero-order valence-electron chi connectivity index (χ0n) is 34.6. The number of hydrazine groups is 1. The number of urea groups is 1. The Balaban J connectivity index is 1.58. The lowest BCUT2D eigenvalue weighted by Crippen LogP contribution is -2.57. The monoisotopic (exact) mass is 787 g/mol. The van der Waals surface area contributed by atoms with Gasteiger partial charge >= 0.3 is 12.1 Å². The summed E-state index contributed by atoms with van der Waals surface area (Å²) in [6, 6.07) is 21.4. The number of aliphatic hydroxyl groups excluding tert-OH is 1. The van der Waals surface area contributed by atoms with Crippen molar-refractivity contribution >= 4 is 23.9 Å². The van der Waals surface area contributed by atoms with Crippen molar-refractivity contribution in [2.75, 3.05) is 40.4 Å². The molecular weight excluding hydrogens is 727 g/mol. The third kappa shape index (κ3) is 13.7. The lowest BCUT2D eigenvalue weighted by atomic mass is 9.75. The number of aromatic nitrogens is 1. The van der Waals surface area contributed by atoms with Gasteiger partial charge in [-0.1, -0.05) is 83.1 Å². The fourth-order valence-electron chi connectivity index (χ4n) is 7.21. The summed E-state index contributed by atoms with van der Waals surface area (Å²) in [5.74, 6) is -0.558. The van der Waals surface area contributed by atoms with Crippen molar-refractivity contribution in [1.29, 1.82) is 0 Å². The lowest BCUT2D eigenvalue weighted by Gasteiger charge is -2.39. The van der Waals surface area contributed by atoms with Crippen LogP contribution in [0.2, 0.25) is 0 Å². The second-order valence-corrected chi connectivity index (χ2v) is 16.6. The number of methoxy groups -OCH3 is 2. The van der Waals surface area contributed by atoms with Gasteiger partial charge < -0.3 is 35.4 Å². The van der Waals surface area contributed by atoms with Gasteiger partial charge in [-0.3, -0.25) is 20.0 Å². The maximum atomic E-state index is 14.6. The third-order valence-corrected chi connectivity index (χ3v) is 10.1. The first-order chi connectivity index (χ1) is 27.0. The predicted octanol–water partition coefficient (Wildman–Crippen LogP) is 4.39. The number of ether oxygens (including phenoxy) is 2. The zero-order valence-corrected chi connectivity index (χ0v) is 34.6. The van der Waals surface area contributed by atoms with E-state index in [-0.39, 0.29) is 43.9 Å². The Morgan fingerprint density at radius 2 is 1.68 bits per heavy atom. The Bertz CT molecular complexity index is 1780. The summed E-state index contributed by atoms with van der Waals surface area (Å²) in [6.07, 6.45) is -0.820. The summed E-state index contributed by atoms with van der Waals surface area (Å²) in [7, 11) is 2.86. The highest BCUT2D eigenvalue weighted by molar-refractivity contribution is 5.84. The molecule has 1 aliphatic rings. The molecule has 1 aliphatic heterocycles. The Hall–Kier alpha value is -5.21. The topological polar surface area (TPSA) is 174 Å². The molecule has 2 aromatic carbocycles. The van der Waals surface area contributed by atoms with Crippen LogP contribution in [0, 0.1) is 23.7 Å². The van der Waals surface area contributed by atoms with Crippen LogP contribution in [-0.4, -0.2) is 103 Å². The van der Waals surface area contributed by atoms with Crippen molar-refractivity contribution in [3.8, 4) is 5.75 Å². The number of alkyl carbamates (subject to hydrolysis) is 1. The largest absolute Gasteiger partial charge is 0.497 e. The first-order valence-electron chi connectivity index (χ1n) is 19.5. The molecule has 1 aromatic heterocycles. The minimum Gasteiger partial charge on any atom is -0.497 e. The van der Waals surface area contributed by atoms with Gasteiger partial charge in [0.25, 0.3) is 0 Å².